The van der Waals surface area contributed by atoms with Crippen LogP contribution in [0.1, 0.15) is 78.1 Å². The van der Waals surface area contributed by atoms with Crippen molar-refractivity contribution in [1.82, 2.24) is 0 Å². The first-order valence-corrected chi connectivity index (χ1v) is 7.86. The molecule has 102 valence electrons. The Morgan fingerprint density at radius 1 is 0.611 bits per heavy atom. The Morgan fingerprint density at radius 3 is 1.28 bits per heavy atom. The number of rotatable bonds is 3. The summed E-state index contributed by atoms with van der Waals surface area (Å²) < 4.78 is 0. The van der Waals surface area contributed by atoms with E-state index >= 15 is 0 Å². The molecule has 0 N–H and O–H groups in total. The second-order valence-corrected chi connectivity index (χ2v) is 6.15. The Morgan fingerprint density at radius 2 is 0.944 bits per heavy atom. The van der Waals surface area contributed by atoms with Crippen LogP contribution < -0.4 is 0 Å². The fourth-order valence-electron chi connectivity index (χ4n) is 3.36. The first-order chi connectivity index (χ1) is 8.77. The van der Waals surface area contributed by atoms with Gasteiger partial charge in [-0.2, -0.15) is 10.2 Å². The zero-order chi connectivity index (χ0) is 12.8. The highest BCUT2D eigenvalue weighted by Gasteiger charge is 2.17. The molecule has 0 saturated heterocycles. The summed E-state index contributed by atoms with van der Waals surface area (Å²) in [5.41, 5.74) is 2.54. The molecule has 2 aliphatic carbocycles. The predicted molar refractivity (Wildman–Crippen MR) is 79.4 cm³/mol. The highest BCUT2D eigenvalue weighted by Crippen LogP contribution is 2.26. The molecule has 0 atom stereocenters. The minimum absolute atomic E-state index is 0.710. The zero-order valence-corrected chi connectivity index (χ0v) is 12.1. The van der Waals surface area contributed by atoms with Crippen molar-refractivity contribution >= 4 is 11.4 Å². The van der Waals surface area contributed by atoms with Crippen LogP contribution in [-0.4, -0.2) is 11.4 Å². The first-order valence-electron chi connectivity index (χ1n) is 7.86. The van der Waals surface area contributed by atoms with Crippen LogP contribution in [0.25, 0.3) is 0 Å². The van der Waals surface area contributed by atoms with Gasteiger partial charge >= 0.3 is 0 Å². The topological polar surface area (TPSA) is 24.7 Å². The second kappa shape index (κ2) is 7.06. The third-order valence-electron chi connectivity index (χ3n) is 4.76. The van der Waals surface area contributed by atoms with Crippen LogP contribution >= 0.6 is 0 Å². The minimum Gasteiger partial charge on any atom is -0.160 e. The summed E-state index contributed by atoms with van der Waals surface area (Å²) in [5.74, 6) is 1.42. The van der Waals surface area contributed by atoms with Crippen LogP contribution in [0.3, 0.4) is 0 Å². The quantitative estimate of drug-likeness (QED) is 0.497. The van der Waals surface area contributed by atoms with Crippen molar-refractivity contribution in [1.29, 1.82) is 0 Å². The van der Waals surface area contributed by atoms with Gasteiger partial charge in [-0.05, 0) is 51.4 Å². The van der Waals surface area contributed by atoms with Crippen molar-refractivity contribution in [2.75, 3.05) is 0 Å². The van der Waals surface area contributed by atoms with Gasteiger partial charge in [0.05, 0.1) is 0 Å². The van der Waals surface area contributed by atoms with E-state index in [1.165, 1.54) is 75.6 Å². The largest absolute Gasteiger partial charge is 0.160 e. The average molecular weight is 248 g/mol. The van der Waals surface area contributed by atoms with E-state index in [0.29, 0.717) is 11.8 Å². The van der Waals surface area contributed by atoms with Crippen molar-refractivity contribution in [3.8, 4) is 0 Å². The van der Waals surface area contributed by atoms with Gasteiger partial charge in [-0.25, -0.2) is 0 Å². The van der Waals surface area contributed by atoms with E-state index < -0.39 is 0 Å². The van der Waals surface area contributed by atoms with E-state index in [9.17, 15) is 0 Å². The molecular formula is C16H28N2. The summed E-state index contributed by atoms with van der Waals surface area (Å²) in [6.07, 6.45) is 13.6. The summed E-state index contributed by atoms with van der Waals surface area (Å²) in [6.45, 7) is 4.35. The number of hydrogen-bond donors (Lipinski definition) is 0. The van der Waals surface area contributed by atoms with E-state index in [-0.39, 0.29) is 0 Å². The molecule has 0 aromatic carbocycles. The van der Waals surface area contributed by atoms with E-state index in [4.69, 9.17) is 0 Å². The van der Waals surface area contributed by atoms with Gasteiger partial charge in [-0.1, -0.05) is 38.5 Å². The molecule has 0 spiro atoms. The van der Waals surface area contributed by atoms with Gasteiger partial charge in [0.1, 0.15) is 0 Å². The van der Waals surface area contributed by atoms with Crippen LogP contribution in [0.15, 0.2) is 10.2 Å². The van der Waals surface area contributed by atoms with Crippen molar-refractivity contribution in [2.45, 2.75) is 78.1 Å². The third-order valence-corrected chi connectivity index (χ3v) is 4.76. The number of hydrogen-bond acceptors (Lipinski definition) is 2. The van der Waals surface area contributed by atoms with E-state index in [1.54, 1.807) is 0 Å². The highest BCUT2D eigenvalue weighted by atomic mass is 15.2. The van der Waals surface area contributed by atoms with Crippen LogP contribution in [0.2, 0.25) is 0 Å². The molecule has 0 aromatic heterocycles. The molecule has 2 saturated carbocycles. The highest BCUT2D eigenvalue weighted by molar-refractivity contribution is 5.87. The standard InChI is InChI=1S/C16H28N2/c1-13(15-9-5-3-6-10-15)17-18-14(2)16-11-7-4-8-12-16/h15-16H,3-12H2,1-2H3/b17-13+,18-14+. The van der Waals surface area contributed by atoms with E-state index in [1.807, 2.05) is 0 Å². The molecule has 0 amide bonds. The molecule has 0 unspecified atom stereocenters. The summed E-state index contributed by atoms with van der Waals surface area (Å²) in [5, 5.41) is 9.06. The predicted octanol–water partition coefficient (Wildman–Crippen LogP) is 4.98. The first kappa shape index (κ1) is 13.8. The Bertz CT molecular complexity index is 273. The van der Waals surface area contributed by atoms with Crippen LogP contribution in [0.4, 0.5) is 0 Å². The summed E-state index contributed by atoms with van der Waals surface area (Å²) in [6, 6.07) is 0. The Balaban J connectivity index is 1.89. The van der Waals surface area contributed by atoms with E-state index in [2.05, 4.69) is 24.1 Å². The summed E-state index contributed by atoms with van der Waals surface area (Å²) in [4.78, 5) is 0. The molecule has 2 aliphatic rings. The molecule has 2 fully saturated rings. The molecule has 2 heteroatoms. The van der Waals surface area contributed by atoms with Gasteiger partial charge in [0.15, 0.2) is 0 Å². The van der Waals surface area contributed by atoms with Crippen LogP contribution in [0, 0.1) is 11.8 Å². The Kier molecular flexibility index (Phi) is 5.40. The number of nitrogens with zero attached hydrogens (tertiary/aromatic N) is 2. The van der Waals surface area contributed by atoms with Crippen molar-refractivity contribution < 1.29 is 0 Å². The Labute approximate surface area is 112 Å². The lowest BCUT2D eigenvalue weighted by atomic mass is 9.86. The SMILES string of the molecule is C/C(=N\N=C(/C)C1CCCCC1)C1CCCCC1. The maximum Gasteiger partial charge on any atom is 0.0405 e. The molecule has 0 radical (unpaired) electrons. The average Bonchev–Trinajstić information content (AvgIpc) is 2.46. The normalized spacial score (nSPS) is 25.4. The lowest BCUT2D eigenvalue weighted by Crippen LogP contribution is -2.16. The fraction of sp³-hybridized carbons (Fsp3) is 0.875. The van der Waals surface area contributed by atoms with Crippen molar-refractivity contribution in [2.24, 2.45) is 22.0 Å². The molecule has 2 rings (SSSR count). The summed E-state index contributed by atoms with van der Waals surface area (Å²) >= 11 is 0. The van der Waals surface area contributed by atoms with Crippen LogP contribution in [0.5, 0.6) is 0 Å². The molecule has 18 heavy (non-hydrogen) atoms. The minimum atomic E-state index is 0.710. The zero-order valence-electron chi connectivity index (χ0n) is 12.1. The van der Waals surface area contributed by atoms with Gasteiger partial charge in [-0.3, -0.25) is 0 Å². The summed E-state index contributed by atoms with van der Waals surface area (Å²) in [7, 11) is 0. The smallest absolute Gasteiger partial charge is 0.0405 e. The third kappa shape index (κ3) is 3.93. The van der Waals surface area contributed by atoms with Gasteiger partial charge in [0, 0.05) is 11.4 Å². The van der Waals surface area contributed by atoms with Crippen molar-refractivity contribution in [3.05, 3.63) is 0 Å². The lowest BCUT2D eigenvalue weighted by molar-refractivity contribution is 0.435. The Hall–Kier alpha value is -0.660. The van der Waals surface area contributed by atoms with Gasteiger partial charge in [0.25, 0.3) is 0 Å². The van der Waals surface area contributed by atoms with Crippen molar-refractivity contribution in [3.63, 3.8) is 0 Å². The molecular weight excluding hydrogens is 220 g/mol. The molecule has 0 bridgehead atoms. The molecule has 0 aromatic rings. The molecule has 0 aliphatic heterocycles. The van der Waals surface area contributed by atoms with Gasteiger partial charge in [-0.15, -0.1) is 0 Å². The second-order valence-electron chi connectivity index (χ2n) is 6.15. The van der Waals surface area contributed by atoms with Crippen LogP contribution in [-0.2, 0) is 0 Å². The fourth-order valence-corrected chi connectivity index (χ4v) is 3.36. The van der Waals surface area contributed by atoms with Gasteiger partial charge < -0.3 is 0 Å². The molecule has 2 nitrogen and oxygen atoms in total. The van der Waals surface area contributed by atoms with E-state index in [0.717, 1.165) is 0 Å². The maximum atomic E-state index is 4.53. The maximum absolute atomic E-state index is 4.53. The monoisotopic (exact) mass is 248 g/mol. The molecule has 0 heterocycles. The lowest BCUT2D eigenvalue weighted by Gasteiger charge is -2.22. The van der Waals surface area contributed by atoms with Gasteiger partial charge in [0.2, 0.25) is 0 Å².